The van der Waals surface area contributed by atoms with Crippen molar-refractivity contribution in [1.82, 2.24) is 4.90 Å². The molecule has 2 amide bonds. The number of aliphatic hydroxyl groups is 2. The van der Waals surface area contributed by atoms with Crippen LogP contribution in [-0.2, 0) is 28.2 Å². The fraction of sp³-hybridized carbons (Fsp3) is 0.267. The van der Waals surface area contributed by atoms with Crippen LogP contribution >= 0.6 is 11.6 Å². The van der Waals surface area contributed by atoms with E-state index < -0.39 is 17.4 Å². The number of para-hydroxylation sites is 1. The Kier molecular flexibility index (Phi) is 6.90. The summed E-state index contributed by atoms with van der Waals surface area (Å²) in [5, 5.41) is 22.1. The second-order valence-electron chi connectivity index (χ2n) is 9.66. The van der Waals surface area contributed by atoms with E-state index in [9.17, 15) is 19.8 Å². The van der Waals surface area contributed by atoms with Gasteiger partial charge in [-0.15, -0.1) is 0 Å². The number of halogens is 1. The molecule has 0 bridgehead atoms. The first-order valence-electron chi connectivity index (χ1n) is 12.4. The minimum absolute atomic E-state index is 0.0953. The lowest BCUT2D eigenvalue weighted by Gasteiger charge is -2.36. The Morgan fingerprint density at radius 1 is 1.11 bits per heavy atom. The van der Waals surface area contributed by atoms with Crippen LogP contribution < -0.4 is 4.90 Å². The number of aliphatic hydroxyl groups excluding tert-OH is 1. The number of carbonyl (C=O) groups excluding carboxylic acids is 2. The van der Waals surface area contributed by atoms with Crippen LogP contribution in [0.1, 0.15) is 30.0 Å². The highest BCUT2D eigenvalue weighted by Crippen LogP contribution is 2.49. The van der Waals surface area contributed by atoms with Crippen molar-refractivity contribution < 1.29 is 19.8 Å². The van der Waals surface area contributed by atoms with E-state index in [1.165, 1.54) is 4.90 Å². The van der Waals surface area contributed by atoms with E-state index >= 15 is 0 Å². The fourth-order valence-electron chi connectivity index (χ4n) is 5.35. The molecular formula is C30H29ClN2O4. The smallest absolute Gasteiger partial charge is 0.268 e. The Bertz CT molecular complexity index is 1360. The zero-order chi connectivity index (χ0) is 26.2. The van der Waals surface area contributed by atoms with Gasteiger partial charge in [0, 0.05) is 35.2 Å². The van der Waals surface area contributed by atoms with Crippen molar-refractivity contribution in [2.24, 2.45) is 5.92 Å². The Labute approximate surface area is 221 Å². The Morgan fingerprint density at radius 2 is 1.81 bits per heavy atom. The van der Waals surface area contributed by atoms with Gasteiger partial charge in [-0.3, -0.25) is 14.5 Å². The van der Waals surface area contributed by atoms with Gasteiger partial charge in [-0.25, -0.2) is 0 Å². The zero-order valence-corrected chi connectivity index (χ0v) is 21.3. The van der Waals surface area contributed by atoms with Crippen LogP contribution in [0.15, 0.2) is 84.9 Å². The molecule has 0 aromatic heterocycles. The van der Waals surface area contributed by atoms with Crippen molar-refractivity contribution in [3.05, 3.63) is 107 Å². The third kappa shape index (κ3) is 4.46. The van der Waals surface area contributed by atoms with E-state index in [1.54, 1.807) is 42.2 Å². The first-order valence-corrected chi connectivity index (χ1v) is 12.8. The van der Waals surface area contributed by atoms with Gasteiger partial charge >= 0.3 is 0 Å². The monoisotopic (exact) mass is 516 g/mol. The topological polar surface area (TPSA) is 81.1 Å². The van der Waals surface area contributed by atoms with Gasteiger partial charge in [-0.05, 0) is 47.9 Å². The highest BCUT2D eigenvalue weighted by atomic mass is 35.5. The molecule has 7 heteroatoms. The standard InChI is InChI=1S/C30H29ClN2O4/c1-20(8-7-13-28(35)32-18-22-10-6-5-9-21(22)16-25(32)19-34)30(37)26-17-23(31)14-15-27(26)33(29(30)36)24-11-3-2-4-12-24/h2-12,14-15,17,20,25,34,37H,13,16,18-19H2,1H3/b8-7+/t20-,25+,30+/m1/s1. The number of fused-ring (bicyclic) bond motifs is 2. The van der Waals surface area contributed by atoms with Gasteiger partial charge in [0.2, 0.25) is 5.91 Å². The summed E-state index contributed by atoms with van der Waals surface area (Å²) in [6.07, 6.45) is 4.11. The lowest BCUT2D eigenvalue weighted by Crippen LogP contribution is -2.46. The number of hydrogen-bond acceptors (Lipinski definition) is 4. The summed E-state index contributed by atoms with van der Waals surface area (Å²) in [7, 11) is 0. The first kappa shape index (κ1) is 25.2. The largest absolute Gasteiger partial charge is 0.394 e. The number of nitrogens with zero attached hydrogens (tertiary/aromatic N) is 2. The van der Waals surface area contributed by atoms with Gasteiger partial charge in [0.25, 0.3) is 5.91 Å². The summed E-state index contributed by atoms with van der Waals surface area (Å²) in [5.41, 5.74) is 2.06. The number of carbonyl (C=O) groups is 2. The predicted molar refractivity (Wildman–Crippen MR) is 143 cm³/mol. The van der Waals surface area contributed by atoms with Crippen molar-refractivity contribution in [3.63, 3.8) is 0 Å². The Balaban J connectivity index is 1.37. The minimum atomic E-state index is -1.84. The van der Waals surface area contributed by atoms with Crippen LogP contribution in [0.4, 0.5) is 11.4 Å². The van der Waals surface area contributed by atoms with Crippen LogP contribution in [0.2, 0.25) is 5.02 Å². The van der Waals surface area contributed by atoms with Gasteiger partial charge in [0.1, 0.15) is 0 Å². The average molecular weight is 517 g/mol. The van der Waals surface area contributed by atoms with Crippen LogP contribution in [0.25, 0.3) is 0 Å². The van der Waals surface area contributed by atoms with Gasteiger partial charge in [0.05, 0.1) is 18.3 Å². The molecule has 0 saturated heterocycles. The molecule has 3 atom stereocenters. The molecule has 0 fully saturated rings. The molecular weight excluding hydrogens is 488 g/mol. The number of rotatable bonds is 6. The summed E-state index contributed by atoms with van der Waals surface area (Å²) in [5.74, 6) is -1.21. The molecule has 0 unspecified atom stereocenters. The van der Waals surface area contributed by atoms with E-state index in [0.29, 0.717) is 34.9 Å². The lowest BCUT2D eigenvalue weighted by molar-refractivity contribution is -0.138. The van der Waals surface area contributed by atoms with Gasteiger partial charge in [-0.2, -0.15) is 0 Å². The highest BCUT2D eigenvalue weighted by molar-refractivity contribution is 6.31. The van der Waals surface area contributed by atoms with Crippen molar-refractivity contribution in [2.75, 3.05) is 11.5 Å². The Hall–Kier alpha value is -3.45. The van der Waals surface area contributed by atoms with Crippen LogP contribution in [0, 0.1) is 5.92 Å². The molecule has 0 radical (unpaired) electrons. The number of hydrogen-bond donors (Lipinski definition) is 2. The summed E-state index contributed by atoms with van der Waals surface area (Å²) in [6, 6.07) is 21.9. The van der Waals surface area contributed by atoms with Crippen molar-refractivity contribution >= 4 is 34.8 Å². The third-order valence-corrected chi connectivity index (χ3v) is 7.65. The SMILES string of the molecule is C[C@H](/C=C/CC(=O)N1Cc2ccccc2C[C@H]1CO)[C@@]1(O)C(=O)N(c2ccccc2)c2ccc(Cl)cc21. The molecule has 2 aliphatic rings. The highest BCUT2D eigenvalue weighted by Gasteiger charge is 2.53. The molecule has 0 aliphatic carbocycles. The number of amides is 2. The van der Waals surface area contributed by atoms with E-state index in [2.05, 4.69) is 0 Å². The molecule has 2 N–H and O–H groups in total. The predicted octanol–water partition coefficient (Wildman–Crippen LogP) is 4.73. The minimum Gasteiger partial charge on any atom is -0.394 e. The quantitative estimate of drug-likeness (QED) is 0.464. The number of benzene rings is 3. The maximum absolute atomic E-state index is 13.7. The molecule has 0 spiro atoms. The summed E-state index contributed by atoms with van der Waals surface area (Å²) >= 11 is 6.26. The van der Waals surface area contributed by atoms with E-state index in [-0.39, 0.29) is 25.0 Å². The average Bonchev–Trinajstić information content (AvgIpc) is 3.14. The van der Waals surface area contributed by atoms with Crippen LogP contribution in [0.3, 0.4) is 0 Å². The van der Waals surface area contributed by atoms with Gasteiger partial charge in [-0.1, -0.05) is 73.1 Å². The molecule has 0 saturated carbocycles. The molecule has 3 aromatic carbocycles. The molecule has 2 heterocycles. The molecule has 3 aromatic rings. The normalized spacial score (nSPS) is 21.7. The molecule has 190 valence electrons. The van der Waals surface area contributed by atoms with Gasteiger partial charge < -0.3 is 15.1 Å². The maximum atomic E-state index is 13.7. The lowest BCUT2D eigenvalue weighted by atomic mass is 9.83. The van der Waals surface area contributed by atoms with Gasteiger partial charge in [0.15, 0.2) is 5.60 Å². The van der Waals surface area contributed by atoms with Crippen molar-refractivity contribution in [3.8, 4) is 0 Å². The summed E-state index contributed by atoms with van der Waals surface area (Å²) < 4.78 is 0. The number of anilines is 2. The molecule has 5 rings (SSSR count). The maximum Gasteiger partial charge on any atom is 0.268 e. The van der Waals surface area contributed by atoms with E-state index in [0.717, 1.165) is 11.1 Å². The van der Waals surface area contributed by atoms with Crippen LogP contribution in [0.5, 0.6) is 0 Å². The van der Waals surface area contributed by atoms with Crippen LogP contribution in [-0.4, -0.2) is 39.6 Å². The molecule has 2 aliphatic heterocycles. The zero-order valence-electron chi connectivity index (χ0n) is 20.5. The van der Waals surface area contributed by atoms with Crippen molar-refractivity contribution in [2.45, 2.75) is 38.0 Å². The van der Waals surface area contributed by atoms with E-state index in [1.807, 2.05) is 54.6 Å². The van der Waals surface area contributed by atoms with Crippen molar-refractivity contribution in [1.29, 1.82) is 0 Å². The first-order chi connectivity index (χ1) is 17.8. The summed E-state index contributed by atoms with van der Waals surface area (Å²) in [4.78, 5) is 30.0. The second kappa shape index (κ2) is 10.1. The molecule has 37 heavy (non-hydrogen) atoms. The third-order valence-electron chi connectivity index (χ3n) is 7.42. The Morgan fingerprint density at radius 3 is 2.54 bits per heavy atom. The van der Waals surface area contributed by atoms with E-state index in [4.69, 9.17) is 11.6 Å². The fourth-order valence-corrected chi connectivity index (χ4v) is 5.52. The molecule has 6 nitrogen and oxygen atoms in total. The second-order valence-corrected chi connectivity index (χ2v) is 10.1. The summed E-state index contributed by atoms with van der Waals surface area (Å²) in [6.45, 7) is 2.09.